The molecule has 2 heteroatoms. The molecule has 33 heavy (non-hydrogen) atoms. The third-order valence-electron chi connectivity index (χ3n) is 6.79. The second kappa shape index (κ2) is 8.63. The lowest BCUT2D eigenvalue weighted by Gasteiger charge is -2.19. The molecule has 1 aliphatic rings. The number of benzene rings is 3. The molecule has 5 rings (SSSR count). The van der Waals surface area contributed by atoms with Crippen LogP contribution in [-0.2, 0) is 4.79 Å². The van der Waals surface area contributed by atoms with Gasteiger partial charge in [-0.2, -0.15) is 0 Å². The first-order valence-corrected chi connectivity index (χ1v) is 11.5. The zero-order valence-electron chi connectivity index (χ0n) is 19.0. The van der Waals surface area contributed by atoms with Gasteiger partial charge in [0.05, 0.1) is 0 Å². The smallest absolute Gasteiger partial charge is 0.158 e. The lowest BCUT2D eigenvalue weighted by molar-refractivity contribution is -0.115. The van der Waals surface area contributed by atoms with Crippen LogP contribution in [0.25, 0.3) is 32.7 Å². The molecule has 0 radical (unpaired) electrons. The van der Waals surface area contributed by atoms with Crippen LogP contribution < -0.4 is 0 Å². The van der Waals surface area contributed by atoms with Gasteiger partial charge in [0.25, 0.3) is 0 Å². The standard InChI is InChI=1S/C31H27NO/c1-20(2)31(33)14-12-22-11-13-28(27-10-6-9-25-19-32-16-15-26(25)27)30-18-24-8-5-4-7-23(24)17-29(30)21(22)3/h4-10,13,15-19,22H,1,3,11-12,14H2,2H3. The number of pyridine rings is 1. The molecule has 0 saturated carbocycles. The molecule has 4 aromatic rings. The third-order valence-corrected chi connectivity index (χ3v) is 6.79. The Morgan fingerprint density at radius 2 is 1.70 bits per heavy atom. The maximum absolute atomic E-state index is 12.3. The molecule has 0 bridgehead atoms. The van der Waals surface area contributed by atoms with Crippen LogP contribution in [0.2, 0.25) is 0 Å². The van der Waals surface area contributed by atoms with Crippen molar-refractivity contribution in [2.24, 2.45) is 5.92 Å². The molecule has 0 spiro atoms. The van der Waals surface area contributed by atoms with Crippen LogP contribution in [-0.4, -0.2) is 10.8 Å². The number of carbonyl (C=O) groups is 1. The second-order valence-electron chi connectivity index (χ2n) is 8.97. The number of hydrogen-bond acceptors (Lipinski definition) is 2. The Kier molecular flexibility index (Phi) is 5.51. The molecular formula is C31H27NO. The number of Topliss-reactive ketones (excluding diaryl/α,β-unsaturated/α-hetero) is 1. The maximum atomic E-state index is 12.3. The second-order valence-corrected chi connectivity index (χ2v) is 8.97. The van der Waals surface area contributed by atoms with Crippen LogP contribution in [0.3, 0.4) is 0 Å². The van der Waals surface area contributed by atoms with E-state index >= 15 is 0 Å². The number of hydrogen-bond donors (Lipinski definition) is 0. The highest BCUT2D eigenvalue weighted by Crippen LogP contribution is 2.43. The fraction of sp³-hybridized carbons (Fsp3) is 0.161. The molecule has 0 saturated heterocycles. The number of ketones is 1. The van der Waals surface area contributed by atoms with Gasteiger partial charge in [-0.1, -0.05) is 61.7 Å². The number of nitrogens with zero attached hydrogens (tertiary/aromatic N) is 1. The summed E-state index contributed by atoms with van der Waals surface area (Å²) in [4.78, 5) is 16.6. The normalized spacial score (nSPS) is 15.7. The van der Waals surface area contributed by atoms with E-state index < -0.39 is 0 Å². The molecule has 1 heterocycles. The van der Waals surface area contributed by atoms with Gasteiger partial charge in [0.15, 0.2) is 5.78 Å². The summed E-state index contributed by atoms with van der Waals surface area (Å²) in [5.74, 6) is 0.346. The van der Waals surface area contributed by atoms with E-state index in [-0.39, 0.29) is 11.7 Å². The van der Waals surface area contributed by atoms with Crippen molar-refractivity contribution in [3.05, 3.63) is 115 Å². The van der Waals surface area contributed by atoms with E-state index in [4.69, 9.17) is 0 Å². The minimum atomic E-state index is 0.136. The summed E-state index contributed by atoms with van der Waals surface area (Å²) in [5.41, 5.74) is 6.55. The SMILES string of the molecule is C=C(C)C(=O)CCC1CC=C(c2cccc3cnccc23)c2cc3ccccc3cc2C1=C. The first-order valence-electron chi connectivity index (χ1n) is 11.5. The Bertz CT molecular complexity index is 1450. The van der Waals surface area contributed by atoms with Gasteiger partial charge in [-0.3, -0.25) is 9.78 Å². The first-order chi connectivity index (χ1) is 16.0. The highest BCUT2D eigenvalue weighted by atomic mass is 16.1. The lowest BCUT2D eigenvalue weighted by atomic mass is 9.85. The predicted molar refractivity (Wildman–Crippen MR) is 139 cm³/mol. The lowest BCUT2D eigenvalue weighted by Crippen LogP contribution is -2.06. The molecule has 162 valence electrons. The van der Waals surface area contributed by atoms with Crippen molar-refractivity contribution >= 4 is 38.5 Å². The average molecular weight is 430 g/mol. The van der Waals surface area contributed by atoms with Gasteiger partial charge in [0.2, 0.25) is 0 Å². The van der Waals surface area contributed by atoms with E-state index in [1.54, 1.807) is 6.92 Å². The van der Waals surface area contributed by atoms with Crippen LogP contribution in [0.1, 0.15) is 42.9 Å². The van der Waals surface area contributed by atoms with E-state index in [0.29, 0.717) is 12.0 Å². The molecule has 0 amide bonds. The van der Waals surface area contributed by atoms with Crippen LogP contribution >= 0.6 is 0 Å². The fourth-order valence-electron chi connectivity index (χ4n) is 4.88. The summed E-state index contributed by atoms with van der Waals surface area (Å²) in [5, 5.41) is 4.74. The maximum Gasteiger partial charge on any atom is 0.158 e. The third kappa shape index (κ3) is 3.93. The van der Waals surface area contributed by atoms with E-state index in [1.165, 1.54) is 38.4 Å². The van der Waals surface area contributed by atoms with Crippen molar-refractivity contribution in [1.82, 2.24) is 4.98 Å². The molecule has 0 fully saturated rings. The summed E-state index contributed by atoms with van der Waals surface area (Å²) >= 11 is 0. The summed E-state index contributed by atoms with van der Waals surface area (Å²) in [6.07, 6.45) is 8.25. The summed E-state index contributed by atoms with van der Waals surface area (Å²) in [6, 6.07) is 21.5. The summed E-state index contributed by atoms with van der Waals surface area (Å²) in [6.45, 7) is 10.1. The van der Waals surface area contributed by atoms with Gasteiger partial charge in [0, 0.05) is 24.2 Å². The van der Waals surface area contributed by atoms with E-state index in [1.807, 2.05) is 12.4 Å². The highest BCUT2D eigenvalue weighted by molar-refractivity contribution is 6.02. The number of allylic oxidation sites excluding steroid dienone is 3. The minimum Gasteiger partial charge on any atom is -0.295 e. The Morgan fingerprint density at radius 3 is 2.45 bits per heavy atom. The predicted octanol–water partition coefficient (Wildman–Crippen LogP) is 7.78. The molecule has 1 atom stereocenters. The molecule has 1 aliphatic carbocycles. The largest absolute Gasteiger partial charge is 0.295 e. The van der Waals surface area contributed by atoms with Gasteiger partial charge < -0.3 is 0 Å². The number of carbonyl (C=O) groups excluding carboxylic acids is 1. The zero-order valence-corrected chi connectivity index (χ0v) is 19.0. The average Bonchev–Trinajstić information content (AvgIpc) is 2.97. The van der Waals surface area contributed by atoms with Gasteiger partial charge >= 0.3 is 0 Å². The molecule has 0 N–H and O–H groups in total. The molecule has 1 aromatic heterocycles. The van der Waals surface area contributed by atoms with Gasteiger partial charge in [-0.15, -0.1) is 0 Å². The zero-order chi connectivity index (χ0) is 22.9. The highest BCUT2D eigenvalue weighted by Gasteiger charge is 2.24. The van der Waals surface area contributed by atoms with Gasteiger partial charge in [-0.25, -0.2) is 0 Å². The Morgan fingerprint density at radius 1 is 0.970 bits per heavy atom. The Labute approximate surface area is 195 Å². The molecule has 1 unspecified atom stereocenters. The number of aromatic nitrogens is 1. The Hall–Kier alpha value is -3.78. The van der Waals surface area contributed by atoms with Crippen LogP contribution in [0.4, 0.5) is 0 Å². The van der Waals surface area contributed by atoms with Gasteiger partial charge in [0.1, 0.15) is 0 Å². The van der Waals surface area contributed by atoms with Crippen molar-refractivity contribution in [3.63, 3.8) is 0 Å². The number of fused-ring (bicyclic) bond motifs is 3. The minimum absolute atomic E-state index is 0.136. The van der Waals surface area contributed by atoms with E-state index in [2.05, 4.69) is 84.9 Å². The van der Waals surface area contributed by atoms with E-state index in [0.717, 1.165) is 23.8 Å². The molecule has 0 aliphatic heterocycles. The summed E-state index contributed by atoms with van der Waals surface area (Å²) < 4.78 is 0. The van der Waals surface area contributed by atoms with Crippen molar-refractivity contribution in [3.8, 4) is 0 Å². The fourth-order valence-corrected chi connectivity index (χ4v) is 4.88. The van der Waals surface area contributed by atoms with Crippen LogP contribution in [0.15, 0.2) is 97.9 Å². The van der Waals surface area contributed by atoms with Crippen LogP contribution in [0.5, 0.6) is 0 Å². The topological polar surface area (TPSA) is 30.0 Å². The van der Waals surface area contributed by atoms with Crippen molar-refractivity contribution < 1.29 is 4.79 Å². The quantitative estimate of drug-likeness (QED) is 0.303. The van der Waals surface area contributed by atoms with Crippen molar-refractivity contribution in [2.45, 2.75) is 26.2 Å². The van der Waals surface area contributed by atoms with Gasteiger partial charge in [-0.05, 0) is 93.5 Å². The monoisotopic (exact) mass is 429 g/mol. The first kappa shape index (κ1) is 21.1. The molecular weight excluding hydrogens is 402 g/mol. The molecule has 2 nitrogen and oxygen atoms in total. The number of rotatable bonds is 5. The van der Waals surface area contributed by atoms with Crippen LogP contribution in [0, 0.1) is 5.92 Å². The van der Waals surface area contributed by atoms with Crippen molar-refractivity contribution in [2.75, 3.05) is 0 Å². The van der Waals surface area contributed by atoms with E-state index in [9.17, 15) is 4.79 Å². The summed E-state index contributed by atoms with van der Waals surface area (Å²) in [7, 11) is 0. The van der Waals surface area contributed by atoms with Crippen molar-refractivity contribution in [1.29, 1.82) is 0 Å². The molecule has 3 aromatic carbocycles. The Balaban J connectivity index is 1.68.